The Morgan fingerprint density at radius 1 is 1.27 bits per heavy atom. The van der Waals surface area contributed by atoms with Gasteiger partial charge in [-0.2, -0.15) is 0 Å². The van der Waals surface area contributed by atoms with Gasteiger partial charge in [0, 0.05) is 18.1 Å². The van der Waals surface area contributed by atoms with Crippen LogP contribution in [0.4, 0.5) is 5.69 Å². The van der Waals surface area contributed by atoms with Crippen molar-refractivity contribution in [1.29, 1.82) is 0 Å². The second-order valence-corrected chi connectivity index (χ2v) is 9.03. The number of carbonyl (C=O) groups excluding carboxylic acids is 1. The Bertz CT molecular complexity index is 1420. The second kappa shape index (κ2) is 9.61. The first-order valence-corrected chi connectivity index (χ1v) is 11.6. The molecule has 3 heterocycles. The van der Waals surface area contributed by atoms with Gasteiger partial charge in [-0.3, -0.25) is 19.5 Å². The van der Waals surface area contributed by atoms with Crippen LogP contribution in [0.25, 0.3) is 6.08 Å². The van der Waals surface area contributed by atoms with Crippen LogP contribution in [0, 0.1) is 10.1 Å². The first-order chi connectivity index (χ1) is 15.9. The summed E-state index contributed by atoms with van der Waals surface area (Å²) >= 11 is 2.53. The maximum absolute atomic E-state index is 13.5. The Morgan fingerprint density at radius 3 is 2.76 bits per heavy atom. The van der Waals surface area contributed by atoms with E-state index in [1.54, 1.807) is 25.1 Å². The van der Waals surface area contributed by atoms with Crippen LogP contribution in [0.2, 0.25) is 0 Å². The van der Waals surface area contributed by atoms with Crippen LogP contribution >= 0.6 is 22.7 Å². The summed E-state index contributed by atoms with van der Waals surface area (Å²) in [6, 6.07) is 9.18. The van der Waals surface area contributed by atoms with Crippen LogP contribution in [-0.2, 0) is 14.3 Å². The van der Waals surface area contributed by atoms with Crippen molar-refractivity contribution in [2.45, 2.75) is 13.0 Å². The van der Waals surface area contributed by atoms with E-state index in [0.717, 1.165) is 16.2 Å². The summed E-state index contributed by atoms with van der Waals surface area (Å²) in [5, 5.41) is 13.3. The predicted octanol–water partition coefficient (Wildman–Crippen LogP) is 2.39. The predicted molar refractivity (Wildman–Crippen MR) is 124 cm³/mol. The number of hydrogen-bond acceptors (Lipinski definition) is 9. The van der Waals surface area contributed by atoms with Gasteiger partial charge in [0.05, 0.1) is 32.9 Å². The number of carbonyl (C=O) groups is 1. The number of nitro groups is 1. The van der Waals surface area contributed by atoms with Gasteiger partial charge in [0.1, 0.15) is 12.6 Å². The van der Waals surface area contributed by atoms with E-state index in [2.05, 4.69) is 4.99 Å². The zero-order valence-electron chi connectivity index (χ0n) is 17.7. The summed E-state index contributed by atoms with van der Waals surface area (Å²) in [5.74, 6) is -0.570. The number of ether oxygens (including phenoxy) is 2. The number of esters is 1. The number of hydrogen-bond donors (Lipinski definition) is 0. The second-order valence-electron chi connectivity index (χ2n) is 7.04. The van der Waals surface area contributed by atoms with Gasteiger partial charge in [-0.25, -0.2) is 9.79 Å². The molecule has 11 heteroatoms. The number of fused-ring (bicyclic) bond motifs is 1. The van der Waals surface area contributed by atoms with E-state index in [9.17, 15) is 19.7 Å². The monoisotopic (exact) mass is 485 g/mol. The molecule has 9 nitrogen and oxygen atoms in total. The average Bonchev–Trinajstić information content (AvgIpc) is 3.42. The van der Waals surface area contributed by atoms with Gasteiger partial charge in [0.2, 0.25) is 0 Å². The molecule has 4 rings (SSSR count). The molecule has 1 unspecified atom stereocenters. The molecule has 0 saturated carbocycles. The fourth-order valence-electron chi connectivity index (χ4n) is 3.51. The molecule has 0 bridgehead atoms. The van der Waals surface area contributed by atoms with Crippen molar-refractivity contribution in [3.8, 4) is 0 Å². The van der Waals surface area contributed by atoms with Gasteiger partial charge in [0.15, 0.2) is 4.80 Å². The molecule has 1 aliphatic rings. The van der Waals surface area contributed by atoms with Crippen molar-refractivity contribution in [1.82, 2.24) is 4.57 Å². The number of thiazole rings is 1. The number of nitro benzene ring substituents is 1. The van der Waals surface area contributed by atoms with Gasteiger partial charge in [-0.1, -0.05) is 29.5 Å². The zero-order valence-corrected chi connectivity index (χ0v) is 19.4. The number of para-hydroxylation sites is 1. The van der Waals surface area contributed by atoms with E-state index >= 15 is 0 Å². The Kier molecular flexibility index (Phi) is 6.63. The number of nitrogens with zero attached hydrogens (tertiary/aromatic N) is 3. The summed E-state index contributed by atoms with van der Waals surface area (Å²) in [6.07, 6.45) is 1.49. The van der Waals surface area contributed by atoms with E-state index in [4.69, 9.17) is 9.47 Å². The maximum atomic E-state index is 13.5. The number of rotatable bonds is 7. The molecule has 1 aliphatic heterocycles. The van der Waals surface area contributed by atoms with Crippen molar-refractivity contribution in [3.63, 3.8) is 0 Å². The highest BCUT2D eigenvalue weighted by atomic mass is 32.1. The third kappa shape index (κ3) is 4.42. The normalized spacial score (nSPS) is 15.8. The molecule has 0 amide bonds. The third-order valence-electron chi connectivity index (χ3n) is 4.99. The summed E-state index contributed by atoms with van der Waals surface area (Å²) in [5.41, 5.74) is 0.560. The lowest BCUT2D eigenvalue weighted by molar-refractivity contribution is -0.385. The smallest absolute Gasteiger partial charge is 0.338 e. The van der Waals surface area contributed by atoms with E-state index < -0.39 is 16.9 Å². The van der Waals surface area contributed by atoms with Gasteiger partial charge in [0.25, 0.3) is 11.2 Å². The quantitative estimate of drug-likeness (QED) is 0.220. The largest absolute Gasteiger partial charge is 0.460 e. The van der Waals surface area contributed by atoms with Crippen LogP contribution in [0.3, 0.4) is 0 Å². The van der Waals surface area contributed by atoms with E-state index in [1.165, 1.54) is 35.2 Å². The van der Waals surface area contributed by atoms with Crippen LogP contribution in [0.15, 0.2) is 62.8 Å². The molecule has 0 spiro atoms. The van der Waals surface area contributed by atoms with E-state index in [1.807, 2.05) is 17.5 Å². The number of thiophene rings is 1. The minimum Gasteiger partial charge on any atom is -0.460 e. The van der Waals surface area contributed by atoms with Gasteiger partial charge in [-0.05, 0) is 30.5 Å². The Labute approximate surface area is 195 Å². The third-order valence-corrected chi connectivity index (χ3v) is 6.90. The standard InChI is InChI=1S/C22H19N3O6S2/c1-13-18(21(27)31-10-9-30-2)19(16-8-5-11-32-16)24-20(26)17(33-22(24)23-13)12-14-6-3-4-7-15(14)25(28)29/h3-8,11-12,19H,9-10H2,1-2H3/b17-12-. The highest BCUT2D eigenvalue weighted by Crippen LogP contribution is 2.33. The topological polar surface area (TPSA) is 113 Å². The lowest BCUT2D eigenvalue weighted by Gasteiger charge is -2.23. The molecule has 0 saturated heterocycles. The number of aromatic nitrogens is 1. The highest BCUT2D eigenvalue weighted by Gasteiger charge is 2.34. The van der Waals surface area contributed by atoms with Crippen molar-refractivity contribution < 1.29 is 19.2 Å². The molecule has 1 atom stereocenters. The Balaban J connectivity index is 1.88. The minimum absolute atomic E-state index is 0.0748. The van der Waals surface area contributed by atoms with Crippen LogP contribution in [0.5, 0.6) is 0 Å². The molecule has 2 aromatic heterocycles. The Hall–Kier alpha value is -3.41. The molecule has 0 radical (unpaired) electrons. The lowest BCUT2D eigenvalue weighted by Crippen LogP contribution is -2.39. The fraction of sp³-hybridized carbons (Fsp3) is 0.227. The maximum Gasteiger partial charge on any atom is 0.338 e. The van der Waals surface area contributed by atoms with Crippen molar-refractivity contribution in [2.24, 2.45) is 4.99 Å². The summed E-state index contributed by atoms with van der Waals surface area (Å²) in [6.45, 7) is 2.02. The zero-order chi connectivity index (χ0) is 23.5. The van der Waals surface area contributed by atoms with Gasteiger partial charge < -0.3 is 9.47 Å². The molecular formula is C22H19N3O6S2. The summed E-state index contributed by atoms with van der Waals surface area (Å²) in [4.78, 5) is 43.0. The van der Waals surface area contributed by atoms with Crippen LogP contribution < -0.4 is 14.9 Å². The Morgan fingerprint density at radius 2 is 2.06 bits per heavy atom. The number of allylic oxidation sites excluding steroid dienone is 1. The minimum atomic E-state index is -0.704. The average molecular weight is 486 g/mol. The fourth-order valence-corrected chi connectivity index (χ4v) is 5.37. The molecule has 1 aromatic carbocycles. The van der Waals surface area contributed by atoms with E-state index in [0.29, 0.717) is 16.1 Å². The first-order valence-electron chi connectivity index (χ1n) is 9.87. The van der Waals surface area contributed by atoms with E-state index in [-0.39, 0.29) is 34.6 Å². The summed E-state index contributed by atoms with van der Waals surface area (Å²) < 4.78 is 12.0. The van der Waals surface area contributed by atoms with Gasteiger partial charge in [-0.15, -0.1) is 11.3 Å². The van der Waals surface area contributed by atoms with Crippen molar-refractivity contribution in [3.05, 3.63) is 93.3 Å². The van der Waals surface area contributed by atoms with Crippen molar-refractivity contribution >= 4 is 40.4 Å². The molecule has 3 aromatic rings. The first kappa shape index (κ1) is 22.8. The SMILES string of the molecule is COCCOC(=O)C1=C(C)N=c2s/c(=C\c3ccccc3[N+](=O)[O-])c(=O)n2C1c1cccs1. The number of benzene rings is 1. The molecule has 0 N–H and O–H groups in total. The molecule has 0 fully saturated rings. The lowest BCUT2D eigenvalue weighted by atomic mass is 10.0. The summed E-state index contributed by atoms with van der Waals surface area (Å²) in [7, 11) is 1.51. The number of methoxy groups -OCH3 is 1. The molecule has 0 aliphatic carbocycles. The molecular weight excluding hydrogens is 466 g/mol. The van der Waals surface area contributed by atoms with Crippen LogP contribution in [-0.4, -0.2) is 35.8 Å². The van der Waals surface area contributed by atoms with Crippen LogP contribution in [0.1, 0.15) is 23.4 Å². The molecule has 33 heavy (non-hydrogen) atoms. The van der Waals surface area contributed by atoms with Crippen molar-refractivity contribution in [2.75, 3.05) is 20.3 Å². The van der Waals surface area contributed by atoms with Gasteiger partial charge >= 0.3 is 5.97 Å². The molecule has 170 valence electrons. The highest BCUT2D eigenvalue weighted by molar-refractivity contribution is 7.10.